The predicted molar refractivity (Wildman–Crippen MR) is 157 cm³/mol. The zero-order valence-electron chi connectivity index (χ0n) is 22.9. The van der Waals surface area contributed by atoms with Gasteiger partial charge in [-0.25, -0.2) is 4.98 Å². The molecule has 0 saturated heterocycles. The second-order valence-electron chi connectivity index (χ2n) is 10.3. The third kappa shape index (κ3) is 5.87. The van der Waals surface area contributed by atoms with Gasteiger partial charge in [0.05, 0.1) is 6.33 Å². The summed E-state index contributed by atoms with van der Waals surface area (Å²) in [5.74, 6) is -0.0773. The van der Waals surface area contributed by atoms with Crippen molar-refractivity contribution in [3.8, 4) is 11.5 Å². The molecule has 0 unspecified atom stereocenters. The Kier molecular flexibility index (Phi) is 8.17. The van der Waals surface area contributed by atoms with Crippen molar-refractivity contribution in [2.24, 2.45) is 0 Å². The van der Waals surface area contributed by atoms with Crippen LogP contribution in [0.5, 0.6) is 11.5 Å². The number of para-hydroxylation sites is 1. The lowest BCUT2D eigenvalue weighted by Gasteiger charge is -2.21. The smallest absolute Gasteiger partial charge is 0.268 e. The summed E-state index contributed by atoms with van der Waals surface area (Å²) in [7, 11) is 4.05. The first-order chi connectivity index (χ1) is 19.4. The molecule has 5 rings (SSSR count). The number of nitrogens with one attached hydrogen (secondary N) is 1. The summed E-state index contributed by atoms with van der Waals surface area (Å²) in [4.78, 5) is 20.3. The SMILES string of the molecule is CN(C)CCn1c(C(=O)NCCCn2ccnc2)c(C(c2ccc(O)cc2)c2ccc(O)cc2)c2ccccc21. The number of aromatic nitrogens is 3. The highest BCUT2D eigenvalue weighted by molar-refractivity contribution is 6.02. The van der Waals surface area contributed by atoms with Crippen LogP contribution >= 0.6 is 0 Å². The molecule has 0 radical (unpaired) electrons. The van der Waals surface area contributed by atoms with Crippen LogP contribution in [0.4, 0.5) is 0 Å². The van der Waals surface area contributed by atoms with Crippen molar-refractivity contribution in [3.05, 3.63) is 114 Å². The number of imidazole rings is 1. The van der Waals surface area contributed by atoms with Crippen LogP contribution in [0.25, 0.3) is 10.9 Å². The largest absolute Gasteiger partial charge is 0.508 e. The maximum atomic E-state index is 14.1. The monoisotopic (exact) mass is 537 g/mol. The van der Waals surface area contributed by atoms with Crippen molar-refractivity contribution in [2.75, 3.05) is 27.2 Å². The molecule has 5 aromatic rings. The lowest BCUT2D eigenvalue weighted by Crippen LogP contribution is -2.30. The number of amides is 1. The van der Waals surface area contributed by atoms with E-state index in [1.54, 1.807) is 36.8 Å². The fourth-order valence-corrected chi connectivity index (χ4v) is 5.23. The summed E-state index contributed by atoms with van der Waals surface area (Å²) in [6.45, 7) is 2.69. The van der Waals surface area contributed by atoms with E-state index in [0.717, 1.165) is 47.1 Å². The minimum Gasteiger partial charge on any atom is -0.508 e. The van der Waals surface area contributed by atoms with Gasteiger partial charge < -0.3 is 29.6 Å². The molecule has 0 spiro atoms. The van der Waals surface area contributed by atoms with Crippen molar-refractivity contribution >= 4 is 16.8 Å². The molecule has 3 N–H and O–H groups in total. The van der Waals surface area contributed by atoms with Crippen LogP contribution in [0.1, 0.15) is 39.5 Å². The number of hydrogen-bond donors (Lipinski definition) is 3. The Bertz CT molecular complexity index is 1510. The number of hydrogen-bond acceptors (Lipinski definition) is 5. The van der Waals surface area contributed by atoms with Crippen LogP contribution in [0.15, 0.2) is 91.5 Å². The van der Waals surface area contributed by atoms with Crippen molar-refractivity contribution < 1.29 is 15.0 Å². The summed E-state index contributed by atoms with van der Waals surface area (Å²) in [5, 5.41) is 24.2. The second-order valence-corrected chi connectivity index (χ2v) is 10.3. The molecule has 0 saturated carbocycles. The van der Waals surface area contributed by atoms with Gasteiger partial charge in [0.15, 0.2) is 0 Å². The number of benzene rings is 3. The maximum absolute atomic E-state index is 14.1. The summed E-state index contributed by atoms with van der Waals surface area (Å²) in [6, 6.07) is 22.4. The number of phenolic OH excluding ortho intramolecular Hbond substituents is 2. The van der Waals surface area contributed by atoms with Crippen LogP contribution in [-0.4, -0.2) is 62.3 Å². The van der Waals surface area contributed by atoms with Gasteiger partial charge in [0, 0.05) is 61.0 Å². The van der Waals surface area contributed by atoms with Crippen molar-refractivity contribution in [1.29, 1.82) is 0 Å². The van der Waals surface area contributed by atoms with E-state index in [2.05, 4.69) is 31.9 Å². The van der Waals surface area contributed by atoms with Gasteiger partial charge in [-0.15, -0.1) is 0 Å². The normalized spacial score (nSPS) is 11.5. The van der Waals surface area contributed by atoms with Gasteiger partial charge in [0.1, 0.15) is 17.2 Å². The van der Waals surface area contributed by atoms with Gasteiger partial charge in [-0.1, -0.05) is 42.5 Å². The molecule has 0 fully saturated rings. The molecule has 0 aliphatic heterocycles. The van der Waals surface area contributed by atoms with E-state index in [1.165, 1.54) is 0 Å². The average molecular weight is 538 g/mol. The zero-order valence-corrected chi connectivity index (χ0v) is 22.9. The van der Waals surface area contributed by atoms with Crippen LogP contribution in [0.2, 0.25) is 0 Å². The number of likely N-dealkylation sites (N-methyl/N-ethyl adjacent to an activating group) is 1. The Hall–Kier alpha value is -4.56. The van der Waals surface area contributed by atoms with Crippen LogP contribution < -0.4 is 5.32 Å². The molecule has 0 aliphatic carbocycles. The van der Waals surface area contributed by atoms with E-state index >= 15 is 0 Å². The highest BCUT2D eigenvalue weighted by atomic mass is 16.3. The van der Waals surface area contributed by atoms with Gasteiger partial charge in [0.25, 0.3) is 5.91 Å². The third-order valence-electron chi connectivity index (χ3n) is 7.18. The lowest BCUT2D eigenvalue weighted by atomic mass is 9.83. The molecule has 8 heteroatoms. The predicted octanol–water partition coefficient (Wildman–Crippen LogP) is 4.81. The van der Waals surface area contributed by atoms with Crippen molar-refractivity contribution in [1.82, 2.24) is 24.3 Å². The fourth-order valence-electron chi connectivity index (χ4n) is 5.23. The Morgan fingerprint density at radius 3 is 2.17 bits per heavy atom. The van der Waals surface area contributed by atoms with Gasteiger partial charge in [0.2, 0.25) is 0 Å². The third-order valence-corrected chi connectivity index (χ3v) is 7.18. The van der Waals surface area contributed by atoms with E-state index in [4.69, 9.17) is 0 Å². The summed E-state index contributed by atoms with van der Waals surface area (Å²) < 4.78 is 4.13. The van der Waals surface area contributed by atoms with Crippen molar-refractivity contribution in [2.45, 2.75) is 25.4 Å². The number of carbonyl (C=O) groups is 1. The summed E-state index contributed by atoms with van der Waals surface area (Å²) >= 11 is 0. The number of aromatic hydroxyl groups is 2. The molecule has 206 valence electrons. The van der Waals surface area contributed by atoms with Gasteiger partial charge in [-0.2, -0.15) is 0 Å². The quantitative estimate of drug-likeness (QED) is 0.210. The first kappa shape index (κ1) is 27.0. The zero-order chi connectivity index (χ0) is 28.1. The number of nitrogens with zero attached hydrogens (tertiary/aromatic N) is 4. The second kappa shape index (κ2) is 12.1. The van der Waals surface area contributed by atoms with Crippen LogP contribution in [-0.2, 0) is 13.1 Å². The molecule has 40 heavy (non-hydrogen) atoms. The molecule has 0 aliphatic rings. The van der Waals surface area contributed by atoms with E-state index in [-0.39, 0.29) is 23.3 Å². The van der Waals surface area contributed by atoms with Crippen molar-refractivity contribution in [3.63, 3.8) is 0 Å². The highest BCUT2D eigenvalue weighted by Gasteiger charge is 2.30. The molecule has 1 amide bonds. The van der Waals surface area contributed by atoms with Crippen LogP contribution in [0.3, 0.4) is 0 Å². The standard InChI is InChI=1S/C32H35N5O3/c1-35(2)20-21-37-28-7-4-3-6-27(28)30(31(37)32(40)34-16-5-18-36-19-17-33-22-36)29(23-8-12-25(38)13-9-23)24-10-14-26(39)15-11-24/h3-4,6-15,17,19,22,29,38-39H,5,16,18,20-21H2,1-2H3,(H,34,40). The fraction of sp³-hybridized carbons (Fsp3) is 0.250. The number of carbonyl (C=O) groups excluding carboxylic acids is 1. The first-order valence-corrected chi connectivity index (χ1v) is 13.5. The summed E-state index contributed by atoms with van der Waals surface area (Å²) in [5.41, 5.74) is 4.39. The Morgan fingerprint density at radius 2 is 1.57 bits per heavy atom. The number of aryl methyl sites for hydroxylation is 1. The molecular formula is C32H35N5O3. The molecule has 2 aromatic heterocycles. The summed E-state index contributed by atoms with van der Waals surface area (Å²) in [6.07, 6.45) is 6.22. The topological polar surface area (TPSA) is 95.6 Å². The first-order valence-electron chi connectivity index (χ1n) is 13.5. The molecule has 3 aromatic carbocycles. The van der Waals surface area contributed by atoms with E-state index in [1.807, 2.05) is 61.3 Å². The molecule has 2 heterocycles. The Balaban J connectivity index is 1.64. The van der Waals surface area contributed by atoms with Gasteiger partial charge in [-0.3, -0.25) is 4.79 Å². The molecular weight excluding hydrogens is 502 g/mol. The van der Waals surface area contributed by atoms with Gasteiger partial charge in [-0.05, 0) is 62.0 Å². The maximum Gasteiger partial charge on any atom is 0.268 e. The minimum atomic E-state index is -0.307. The Labute approximate surface area is 234 Å². The molecule has 0 bridgehead atoms. The number of phenols is 2. The highest BCUT2D eigenvalue weighted by Crippen LogP contribution is 2.41. The number of rotatable bonds is 11. The van der Waals surface area contributed by atoms with Gasteiger partial charge >= 0.3 is 0 Å². The van der Waals surface area contributed by atoms with E-state index < -0.39 is 0 Å². The lowest BCUT2D eigenvalue weighted by molar-refractivity contribution is 0.0942. The molecule has 0 atom stereocenters. The van der Waals surface area contributed by atoms with E-state index in [9.17, 15) is 15.0 Å². The molecule has 8 nitrogen and oxygen atoms in total. The van der Waals surface area contributed by atoms with E-state index in [0.29, 0.717) is 18.8 Å². The van der Waals surface area contributed by atoms with Crippen LogP contribution in [0, 0.1) is 0 Å². The average Bonchev–Trinajstić information content (AvgIpc) is 3.58. The number of fused-ring (bicyclic) bond motifs is 1. The minimum absolute atomic E-state index is 0.127. The Morgan fingerprint density at radius 1 is 0.925 bits per heavy atom.